The van der Waals surface area contributed by atoms with Crippen LogP contribution in [0.25, 0.3) is 0 Å². The third-order valence-electron chi connectivity index (χ3n) is 4.13. The van der Waals surface area contributed by atoms with E-state index in [-0.39, 0.29) is 17.9 Å². The highest BCUT2D eigenvalue weighted by atomic mass is 79.9. The molecule has 0 aromatic heterocycles. The van der Waals surface area contributed by atoms with E-state index in [9.17, 15) is 4.79 Å². The summed E-state index contributed by atoms with van der Waals surface area (Å²) in [5, 5.41) is 4.01. The number of hydrogen-bond acceptors (Lipinski definition) is 3. The van der Waals surface area contributed by atoms with Gasteiger partial charge in [0.2, 0.25) is 0 Å². The molecule has 1 amide bonds. The van der Waals surface area contributed by atoms with Crippen LogP contribution in [0.1, 0.15) is 57.2 Å². The van der Waals surface area contributed by atoms with E-state index >= 15 is 0 Å². The van der Waals surface area contributed by atoms with Gasteiger partial charge >= 0.3 is 0 Å². The van der Waals surface area contributed by atoms with Crippen molar-refractivity contribution in [2.45, 2.75) is 46.0 Å². The number of hydrazone groups is 1. The maximum atomic E-state index is 12.0. The molecule has 0 saturated heterocycles. The van der Waals surface area contributed by atoms with Gasteiger partial charge in [-0.1, -0.05) is 74.8 Å². The molecule has 0 aliphatic heterocycles. The molecule has 0 atom stereocenters. The van der Waals surface area contributed by atoms with Gasteiger partial charge < -0.3 is 4.74 Å². The highest BCUT2D eigenvalue weighted by Crippen LogP contribution is 2.29. The molecule has 0 bridgehead atoms. The Labute approximate surface area is 170 Å². The molecule has 0 unspecified atom stereocenters. The van der Waals surface area contributed by atoms with Crippen LogP contribution in [0.3, 0.4) is 0 Å². The average molecular weight is 431 g/mol. The SMILES string of the molecule is CC(C)c1cc(Br)ccc1OCC(=O)N/N=C/c1ccc(C(C)(C)C)cc1. The van der Waals surface area contributed by atoms with Crippen molar-refractivity contribution in [3.8, 4) is 5.75 Å². The van der Waals surface area contributed by atoms with E-state index < -0.39 is 0 Å². The molecule has 27 heavy (non-hydrogen) atoms. The number of carbonyl (C=O) groups excluding carboxylic acids is 1. The Morgan fingerprint density at radius 3 is 2.44 bits per heavy atom. The van der Waals surface area contributed by atoms with E-state index in [1.54, 1.807) is 6.21 Å². The van der Waals surface area contributed by atoms with Gasteiger partial charge in [0, 0.05) is 4.47 Å². The second kappa shape index (κ2) is 9.18. The van der Waals surface area contributed by atoms with E-state index in [2.05, 4.69) is 73.2 Å². The van der Waals surface area contributed by atoms with Crippen LogP contribution in [0.2, 0.25) is 0 Å². The lowest BCUT2D eigenvalue weighted by atomic mass is 9.87. The standard InChI is InChI=1S/C22H27BrN2O2/c1-15(2)19-12-18(23)10-11-20(19)27-14-21(26)25-24-13-16-6-8-17(9-7-16)22(3,4)5/h6-13,15H,14H2,1-5H3,(H,25,26)/b24-13+. The van der Waals surface area contributed by atoms with Crippen LogP contribution in [0.4, 0.5) is 0 Å². The zero-order valence-electron chi connectivity index (χ0n) is 16.5. The van der Waals surface area contributed by atoms with Crippen molar-refractivity contribution < 1.29 is 9.53 Å². The van der Waals surface area contributed by atoms with Gasteiger partial charge in [0.25, 0.3) is 5.91 Å². The Kier molecular flexibility index (Phi) is 7.19. The van der Waals surface area contributed by atoms with Crippen LogP contribution in [0.5, 0.6) is 5.75 Å². The second-order valence-corrected chi connectivity index (χ2v) is 8.71. The number of nitrogens with zero attached hydrogens (tertiary/aromatic N) is 1. The summed E-state index contributed by atoms with van der Waals surface area (Å²) in [5.41, 5.74) is 5.86. The molecule has 2 aromatic carbocycles. The van der Waals surface area contributed by atoms with E-state index in [4.69, 9.17) is 4.74 Å². The zero-order valence-corrected chi connectivity index (χ0v) is 18.1. The molecule has 1 N–H and O–H groups in total. The molecule has 0 fully saturated rings. The number of hydrogen-bond donors (Lipinski definition) is 1. The molecule has 0 saturated carbocycles. The monoisotopic (exact) mass is 430 g/mol. The zero-order chi connectivity index (χ0) is 20.0. The number of rotatable bonds is 6. The van der Waals surface area contributed by atoms with Gasteiger partial charge in [-0.3, -0.25) is 4.79 Å². The van der Waals surface area contributed by atoms with Crippen LogP contribution >= 0.6 is 15.9 Å². The Hall–Kier alpha value is -2.14. The van der Waals surface area contributed by atoms with Crippen LogP contribution in [-0.2, 0) is 10.2 Å². The van der Waals surface area contributed by atoms with E-state index in [0.717, 1.165) is 15.6 Å². The fourth-order valence-corrected chi connectivity index (χ4v) is 2.90. The summed E-state index contributed by atoms with van der Waals surface area (Å²) in [7, 11) is 0. The number of ether oxygens (including phenoxy) is 1. The molecule has 0 spiro atoms. The quantitative estimate of drug-likeness (QED) is 0.492. The van der Waals surface area contributed by atoms with Gasteiger partial charge in [0.1, 0.15) is 5.75 Å². The third kappa shape index (κ3) is 6.51. The largest absolute Gasteiger partial charge is 0.483 e. The molecule has 2 rings (SSSR count). The molecule has 144 valence electrons. The predicted molar refractivity (Wildman–Crippen MR) is 115 cm³/mol. The van der Waals surface area contributed by atoms with Crippen molar-refractivity contribution in [1.29, 1.82) is 0 Å². The lowest BCUT2D eigenvalue weighted by Gasteiger charge is -2.18. The van der Waals surface area contributed by atoms with Gasteiger partial charge in [-0.2, -0.15) is 5.10 Å². The Morgan fingerprint density at radius 1 is 1.19 bits per heavy atom. The number of benzene rings is 2. The van der Waals surface area contributed by atoms with Crippen LogP contribution in [0.15, 0.2) is 52.0 Å². The fraction of sp³-hybridized carbons (Fsp3) is 0.364. The summed E-state index contributed by atoms with van der Waals surface area (Å²) in [4.78, 5) is 12.0. The van der Waals surface area contributed by atoms with E-state index in [1.807, 2.05) is 30.3 Å². The summed E-state index contributed by atoms with van der Waals surface area (Å²) >= 11 is 3.46. The van der Waals surface area contributed by atoms with Crippen LogP contribution < -0.4 is 10.2 Å². The highest BCUT2D eigenvalue weighted by Gasteiger charge is 2.12. The van der Waals surface area contributed by atoms with Gasteiger partial charge in [-0.05, 0) is 46.2 Å². The normalized spacial score (nSPS) is 11.8. The molecule has 0 aliphatic carbocycles. The summed E-state index contributed by atoms with van der Waals surface area (Å²) < 4.78 is 6.66. The molecule has 2 aromatic rings. The topological polar surface area (TPSA) is 50.7 Å². The van der Waals surface area contributed by atoms with Crippen molar-refractivity contribution in [1.82, 2.24) is 5.43 Å². The first kappa shape index (κ1) is 21.2. The summed E-state index contributed by atoms with van der Waals surface area (Å²) in [6.07, 6.45) is 1.63. The number of carbonyl (C=O) groups is 1. The minimum atomic E-state index is -0.296. The molecule has 0 radical (unpaired) electrons. The first-order chi connectivity index (χ1) is 12.7. The van der Waals surface area contributed by atoms with Gasteiger partial charge in [0.05, 0.1) is 6.21 Å². The van der Waals surface area contributed by atoms with Crippen LogP contribution in [-0.4, -0.2) is 18.7 Å². The minimum Gasteiger partial charge on any atom is -0.483 e. The van der Waals surface area contributed by atoms with E-state index in [0.29, 0.717) is 11.7 Å². The Balaban J connectivity index is 1.89. The number of nitrogens with one attached hydrogen (secondary N) is 1. The predicted octanol–water partition coefficient (Wildman–Crippen LogP) is 5.40. The first-order valence-electron chi connectivity index (χ1n) is 9.01. The van der Waals surface area contributed by atoms with Crippen molar-refractivity contribution >= 4 is 28.1 Å². The summed E-state index contributed by atoms with van der Waals surface area (Å²) in [6.45, 7) is 10.6. The molecule has 0 aliphatic rings. The summed E-state index contributed by atoms with van der Waals surface area (Å²) in [6, 6.07) is 13.9. The molecule has 5 heteroatoms. The van der Waals surface area contributed by atoms with Gasteiger partial charge in [-0.25, -0.2) is 5.43 Å². The number of halogens is 1. The van der Waals surface area contributed by atoms with Crippen molar-refractivity contribution in [3.05, 3.63) is 63.6 Å². The third-order valence-corrected chi connectivity index (χ3v) is 4.63. The maximum Gasteiger partial charge on any atom is 0.277 e. The van der Waals surface area contributed by atoms with Gasteiger partial charge in [-0.15, -0.1) is 0 Å². The highest BCUT2D eigenvalue weighted by molar-refractivity contribution is 9.10. The Morgan fingerprint density at radius 2 is 1.85 bits per heavy atom. The lowest BCUT2D eigenvalue weighted by molar-refractivity contribution is -0.123. The fourth-order valence-electron chi connectivity index (χ4n) is 2.53. The molecule has 4 nitrogen and oxygen atoms in total. The second-order valence-electron chi connectivity index (χ2n) is 7.79. The molecular weight excluding hydrogens is 404 g/mol. The number of amides is 1. The lowest BCUT2D eigenvalue weighted by Crippen LogP contribution is -2.24. The van der Waals surface area contributed by atoms with E-state index in [1.165, 1.54) is 5.56 Å². The van der Waals surface area contributed by atoms with Gasteiger partial charge in [0.15, 0.2) is 6.61 Å². The van der Waals surface area contributed by atoms with Crippen molar-refractivity contribution in [2.75, 3.05) is 6.61 Å². The minimum absolute atomic E-state index is 0.0817. The molecule has 0 heterocycles. The summed E-state index contributed by atoms with van der Waals surface area (Å²) in [5.74, 6) is 0.718. The van der Waals surface area contributed by atoms with Crippen molar-refractivity contribution in [3.63, 3.8) is 0 Å². The smallest absolute Gasteiger partial charge is 0.277 e. The maximum absolute atomic E-state index is 12.0. The molecular formula is C22H27BrN2O2. The first-order valence-corrected chi connectivity index (χ1v) is 9.81. The Bertz CT molecular complexity index is 806. The van der Waals surface area contributed by atoms with Crippen molar-refractivity contribution in [2.24, 2.45) is 5.10 Å². The van der Waals surface area contributed by atoms with Crippen LogP contribution in [0, 0.1) is 0 Å². The average Bonchev–Trinajstić information content (AvgIpc) is 2.60.